The Morgan fingerprint density at radius 1 is 1.15 bits per heavy atom. The molecule has 138 valence electrons. The van der Waals surface area contributed by atoms with Crippen LogP contribution in [0.3, 0.4) is 0 Å². The molecule has 26 heavy (non-hydrogen) atoms. The Hall–Kier alpha value is -2.37. The summed E-state index contributed by atoms with van der Waals surface area (Å²) in [6.45, 7) is 4.14. The quantitative estimate of drug-likeness (QED) is 0.836. The molecule has 0 aliphatic carbocycles. The lowest BCUT2D eigenvalue weighted by atomic mass is 9.90. The van der Waals surface area contributed by atoms with E-state index in [0.29, 0.717) is 39.2 Å². The number of amides is 1. The van der Waals surface area contributed by atoms with Crippen LogP contribution in [-0.4, -0.2) is 24.7 Å². The summed E-state index contributed by atoms with van der Waals surface area (Å²) in [6.07, 6.45) is 1.12. The van der Waals surface area contributed by atoms with Crippen molar-refractivity contribution in [3.8, 4) is 5.75 Å². The summed E-state index contributed by atoms with van der Waals surface area (Å²) >= 11 is 0. The Morgan fingerprint density at radius 2 is 1.88 bits per heavy atom. The number of rotatable bonds is 6. The number of benzene rings is 2. The van der Waals surface area contributed by atoms with Crippen LogP contribution in [0.5, 0.6) is 5.75 Å². The maximum absolute atomic E-state index is 12.3. The first-order valence-corrected chi connectivity index (χ1v) is 8.97. The predicted molar refractivity (Wildman–Crippen MR) is 101 cm³/mol. The van der Waals surface area contributed by atoms with Gasteiger partial charge in [0.1, 0.15) is 12.4 Å². The Morgan fingerprint density at radius 3 is 2.58 bits per heavy atom. The van der Waals surface area contributed by atoms with Gasteiger partial charge >= 0.3 is 0 Å². The van der Waals surface area contributed by atoms with Gasteiger partial charge in [-0.2, -0.15) is 0 Å². The largest absolute Gasteiger partial charge is 0.489 e. The smallest absolute Gasteiger partial charge is 0.240 e. The highest BCUT2D eigenvalue weighted by molar-refractivity contribution is 5.86. The van der Waals surface area contributed by atoms with Crippen molar-refractivity contribution < 1.29 is 14.3 Å². The molecule has 2 aromatic rings. The Kier molecular flexibility index (Phi) is 5.91. The second-order valence-electron chi connectivity index (χ2n) is 6.87. The standard InChI is InChI=1S/C21H26N2O3/c1-16-3-2-4-18(13-16)15-26-19-7-5-17(6-8-19)14-23-20(24)21(22)9-11-25-12-10-21/h2-8,13H,9-12,14-15,22H2,1H3,(H,23,24). The number of hydrogen-bond donors (Lipinski definition) is 2. The van der Waals surface area contributed by atoms with Crippen LogP contribution in [0.1, 0.15) is 29.5 Å². The van der Waals surface area contributed by atoms with Crippen LogP contribution in [0.4, 0.5) is 0 Å². The van der Waals surface area contributed by atoms with Crippen LogP contribution >= 0.6 is 0 Å². The summed E-state index contributed by atoms with van der Waals surface area (Å²) in [7, 11) is 0. The van der Waals surface area contributed by atoms with E-state index in [2.05, 4.69) is 30.4 Å². The van der Waals surface area contributed by atoms with E-state index in [4.69, 9.17) is 15.2 Å². The summed E-state index contributed by atoms with van der Waals surface area (Å²) in [5.74, 6) is 0.696. The van der Waals surface area contributed by atoms with Crippen LogP contribution in [-0.2, 0) is 22.7 Å². The van der Waals surface area contributed by atoms with E-state index in [1.807, 2.05) is 30.3 Å². The lowest BCUT2D eigenvalue weighted by Crippen LogP contribution is -2.56. The predicted octanol–water partition coefficient (Wildman–Crippen LogP) is 2.70. The molecule has 3 rings (SSSR count). The number of ether oxygens (including phenoxy) is 2. The molecular formula is C21H26N2O3. The van der Waals surface area contributed by atoms with Gasteiger partial charge < -0.3 is 20.5 Å². The van der Waals surface area contributed by atoms with Crippen LogP contribution in [0.15, 0.2) is 48.5 Å². The van der Waals surface area contributed by atoms with E-state index in [-0.39, 0.29) is 5.91 Å². The zero-order valence-electron chi connectivity index (χ0n) is 15.2. The van der Waals surface area contributed by atoms with Crippen LogP contribution in [0.25, 0.3) is 0 Å². The third-order valence-electron chi connectivity index (χ3n) is 4.70. The molecule has 1 heterocycles. The molecule has 0 saturated carbocycles. The molecule has 5 heteroatoms. The number of nitrogens with two attached hydrogens (primary N) is 1. The molecule has 1 aliphatic rings. The molecule has 0 radical (unpaired) electrons. The van der Waals surface area contributed by atoms with Gasteiger partial charge in [-0.3, -0.25) is 4.79 Å². The molecule has 0 atom stereocenters. The number of nitrogens with one attached hydrogen (secondary N) is 1. The number of aryl methyl sites for hydroxylation is 1. The van der Waals surface area contributed by atoms with E-state index < -0.39 is 5.54 Å². The molecule has 0 unspecified atom stereocenters. The van der Waals surface area contributed by atoms with Crippen molar-refractivity contribution in [2.24, 2.45) is 5.73 Å². The fourth-order valence-electron chi connectivity index (χ4n) is 2.99. The van der Waals surface area contributed by atoms with Gasteiger partial charge in [-0.05, 0) is 43.0 Å². The van der Waals surface area contributed by atoms with Gasteiger partial charge in [-0.1, -0.05) is 42.0 Å². The third-order valence-corrected chi connectivity index (χ3v) is 4.70. The zero-order chi connectivity index (χ0) is 18.4. The minimum absolute atomic E-state index is 0.111. The summed E-state index contributed by atoms with van der Waals surface area (Å²) in [5.41, 5.74) is 8.75. The van der Waals surface area contributed by atoms with Gasteiger partial charge in [-0.15, -0.1) is 0 Å². The maximum Gasteiger partial charge on any atom is 0.240 e. The number of carbonyl (C=O) groups is 1. The Bertz CT molecular complexity index is 737. The zero-order valence-corrected chi connectivity index (χ0v) is 15.2. The van der Waals surface area contributed by atoms with E-state index in [1.54, 1.807) is 0 Å². The fraction of sp³-hybridized carbons (Fsp3) is 0.381. The van der Waals surface area contributed by atoms with Crippen molar-refractivity contribution in [1.82, 2.24) is 5.32 Å². The fourth-order valence-corrected chi connectivity index (χ4v) is 2.99. The molecular weight excluding hydrogens is 328 g/mol. The molecule has 1 aliphatic heterocycles. The monoisotopic (exact) mass is 354 g/mol. The molecule has 0 spiro atoms. The van der Waals surface area contributed by atoms with Gasteiger partial charge in [0.2, 0.25) is 5.91 Å². The SMILES string of the molecule is Cc1cccc(COc2ccc(CNC(=O)C3(N)CCOCC3)cc2)c1. The van der Waals surface area contributed by atoms with Crippen LogP contribution < -0.4 is 15.8 Å². The second kappa shape index (κ2) is 8.34. The van der Waals surface area contributed by atoms with Crippen molar-refractivity contribution in [2.75, 3.05) is 13.2 Å². The van der Waals surface area contributed by atoms with Crippen molar-refractivity contribution in [1.29, 1.82) is 0 Å². The maximum atomic E-state index is 12.3. The van der Waals surface area contributed by atoms with Gasteiger partial charge in [-0.25, -0.2) is 0 Å². The van der Waals surface area contributed by atoms with E-state index in [1.165, 1.54) is 5.56 Å². The minimum atomic E-state index is -0.810. The Balaban J connectivity index is 1.49. The van der Waals surface area contributed by atoms with Gasteiger partial charge in [0, 0.05) is 19.8 Å². The first kappa shape index (κ1) is 18.4. The van der Waals surface area contributed by atoms with E-state index in [0.717, 1.165) is 16.9 Å². The van der Waals surface area contributed by atoms with Crippen LogP contribution in [0.2, 0.25) is 0 Å². The summed E-state index contributed by atoms with van der Waals surface area (Å²) in [6, 6.07) is 16.0. The molecule has 1 amide bonds. The van der Waals surface area contributed by atoms with Gasteiger partial charge in [0.15, 0.2) is 0 Å². The average molecular weight is 354 g/mol. The van der Waals surface area contributed by atoms with Crippen molar-refractivity contribution in [3.63, 3.8) is 0 Å². The highest BCUT2D eigenvalue weighted by atomic mass is 16.5. The second-order valence-corrected chi connectivity index (χ2v) is 6.87. The van der Waals surface area contributed by atoms with Gasteiger partial charge in [0.25, 0.3) is 0 Å². The first-order chi connectivity index (χ1) is 12.5. The summed E-state index contributed by atoms with van der Waals surface area (Å²) in [5, 5.41) is 2.93. The van der Waals surface area contributed by atoms with Crippen LogP contribution in [0, 0.1) is 6.92 Å². The normalized spacial score (nSPS) is 16.1. The highest BCUT2D eigenvalue weighted by Crippen LogP contribution is 2.18. The number of carbonyl (C=O) groups excluding carboxylic acids is 1. The lowest BCUT2D eigenvalue weighted by Gasteiger charge is -2.31. The van der Waals surface area contributed by atoms with Crippen molar-refractivity contribution >= 4 is 5.91 Å². The third kappa shape index (κ3) is 4.84. The van der Waals surface area contributed by atoms with E-state index in [9.17, 15) is 4.79 Å². The molecule has 2 aromatic carbocycles. The molecule has 0 bridgehead atoms. The van der Waals surface area contributed by atoms with E-state index >= 15 is 0 Å². The molecule has 1 saturated heterocycles. The van der Waals surface area contributed by atoms with Gasteiger partial charge in [0.05, 0.1) is 5.54 Å². The number of hydrogen-bond acceptors (Lipinski definition) is 4. The first-order valence-electron chi connectivity index (χ1n) is 8.97. The minimum Gasteiger partial charge on any atom is -0.489 e. The average Bonchev–Trinajstić information content (AvgIpc) is 2.66. The highest BCUT2D eigenvalue weighted by Gasteiger charge is 2.35. The van der Waals surface area contributed by atoms with Crippen molar-refractivity contribution in [3.05, 3.63) is 65.2 Å². The molecule has 1 fully saturated rings. The summed E-state index contributed by atoms with van der Waals surface area (Å²) < 4.78 is 11.1. The topological polar surface area (TPSA) is 73.6 Å². The molecule has 3 N–H and O–H groups in total. The molecule has 5 nitrogen and oxygen atoms in total. The van der Waals surface area contributed by atoms with Crippen molar-refractivity contribution in [2.45, 2.75) is 38.5 Å². The molecule has 0 aromatic heterocycles. The lowest BCUT2D eigenvalue weighted by molar-refractivity contribution is -0.129. The Labute approximate surface area is 154 Å². The summed E-state index contributed by atoms with van der Waals surface area (Å²) in [4.78, 5) is 12.3.